The molecular formula is C29H28N2O4. The van der Waals surface area contributed by atoms with Crippen molar-refractivity contribution in [1.82, 2.24) is 0 Å². The van der Waals surface area contributed by atoms with Crippen molar-refractivity contribution in [2.24, 2.45) is 0 Å². The third-order valence-corrected chi connectivity index (χ3v) is 5.76. The lowest BCUT2D eigenvalue weighted by molar-refractivity contribution is -0.122. The van der Waals surface area contributed by atoms with E-state index in [-0.39, 0.29) is 11.8 Å². The maximum Gasteiger partial charge on any atom is 0.265 e. The Morgan fingerprint density at radius 1 is 0.857 bits per heavy atom. The minimum atomic E-state index is -0.702. The van der Waals surface area contributed by atoms with Gasteiger partial charge in [-0.3, -0.25) is 9.59 Å². The fourth-order valence-electron chi connectivity index (χ4n) is 3.87. The number of hydrogen-bond acceptors (Lipinski definition) is 4. The second kappa shape index (κ2) is 10.7. The van der Waals surface area contributed by atoms with Gasteiger partial charge in [-0.1, -0.05) is 36.4 Å². The number of anilines is 2. The second-order valence-corrected chi connectivity index (χ2v) is 8.05. The molecule has 0 aliphatic heterocycles. The highest BCUT2D eigenvalue weighted by atomic mass is 16.5. The standard InChI is InChI=1S/C29H28N2O4/c1-4-31(27-11-7-9-21-8-5-6-10-26(21)27)29(33)22-12-14-23(15-13-22)30-28(32)20(2)35-25-18-16-24(34-3)17-19-25/h5-20H,4H2,1-3H3,(H,30,32). The van der Waals surface area contributed by atoms with Crippen molar-refractivity contribution >= 4 is 34.0 Å². The number of fused-ring (bicyclic) bond motifs is 1. The Morgan fingerprint density at radius 2 is 1.51 bits per heavy atom. The summed E-state index contributed by atoms with van der Waals surface area (Å²) in [5.74, 6) is 0.900. The summed E-state index contributed by atoms with van der Waals surface area (Å²) < 4.78 is 10.8. The first kappa shape index (κ1) is 23.8. The Morgan fingerprint density at radius 3 is 2.20 bits per heavy atom. The Bertz CT molecular complexity index is 1310. The van der Waals surface area contributed by atoms with Crippen molar-refractivity contribution in [1.29, 1.82) is 0 Å². The predicted molar refractivity (Wildman–Crippen MR) is 139 cm³/mol. The van der Waals surface area contributed by atoms with Crippen molar-refractivity contribution in [2.45, 2.75) is 20.0 Å². The van der Waals surface area contributed by atoms with E-state index in [1.165, 1.54) is 0 Å². The number of carbonyl (C=O) groups is 2. The molecule has 0 saturated heterocycles. The molecule has 0 aliphatic carbocycles. The van der Waals surface area contributed by atoms with E-state index < -0.39 is 6.10 Å². The van der Waals surface area contributed by atoms with Crippen molar-refractivity contribution in [3.8, 4) is 11.5 Å². The van der Waals surface area contributed by atoms with Gasteiger partial charge in [0.25, 0.3) is 11.8 Å². The van der Waals surface area contributed by atoms with E-state index in [9.17, 15) is 9.59 Å². The molecule has 178 valence electrons. The summed E-state index contributed by atoms with van der Waals surface area (Å²) in [6, 6.07) is 27.9. The SMILES string of the molecule is CCN(C(=O)c1ccc(NC(=O)C(C)Oc2ccc(OC)cc2)cc1)c1cccc2ccccc12. The monoisotopic (exact) mass is 468 g/mol. The van der Waals surface area contributed by atoms with E-state index in [2.05, 4.69) is 5.32 Å². The maximum atomic E-state index is 13.3. The number of benzene rings is 4. The first-order valence-corrected chi connectivity index (χ1v) is 11.5. The molecule has 0 aliphatic rings. The largest absolute Gasteiger partial charge is 0.497 e. The molecule has 0 aromatic heterocycles. The number of methoxy groups -OCH3 is 1. The zero-order chi connectivity index (χ0) is 24.8. The molecule has 1 unspecified atom stereocenters. The van der Waals surface area contributed by atoms with Gasteiger partial charge in [-0.05, 0) is 73.8 Å². The van der Waals surface area contributed by atoms with Crippen molar-refractivity contribution in [3.63, 3.8) is 0 Å². The van der Waals surface area contributed by atoms with E-state index in [1.54, 1.807) is 67.5 Å². The van der Waals surface area contributed by atoms with E-state index in [0.29, 0.717) is 29.3 Å². The molecule has 2 amide bonds. The highest BCUT2D eigenvalue weighted by Crippen LogP contribution is 2.28. The molecule has 0 fully saturated rings. The molecule has 0 saturated carbocycles. The van der Waals surface area contributed by atoms with E-state index in [0.717, 1.165) is 16.5 Å². The molecule has 6 heteroatoms. The van der Waals surface area contributed by atoms with E-state index >= 15 is 0 Å². The molecule has 4 aromatic carbocycles. The van der Waals surface area contributed by atoms with Crippen LogP contribution in [0.3, 0.4) is 0 Å². The zero-order valence-corrected chi connectivity index (χ0v) is 20.0. The number of nitrogens with zero attached hydrogens (tertiary/aromatic N) is 1. The Kier molecular flexibility index (Phi) is 7.31. The molecule has 6 nitrogen and oxygen atoms in total. The summed E-state index contributed by atoms with van der Waals surface area (Å²) >= 11 is 0. The maximum absolute atomic E-state index is 13.3. The van der Waals surface area contributed by atoms with Gasteiger partial charge in [-0.25, -0.2) is 0 Å². The van der Waals surface area contributed by atoms with Gasteiger partial charge in [0, 0.05) is 23.2 Å². The predicted octanol–water partition coefficient (Wildman–Crippen LogP) is 5.92. The number of rotatable bonds is 8. The summed E-state index contributed by atoms with van der Waals surface area (Å²) in [6.07, 6.45) is -0.702. The van der Waals surface area contributed by atoms with Gasteiger partial charge in [0.15, 0.2) is 6.10 Å². The molecule has 0 bridgehead atoms. The molecule has 0 radical (unpaired) electrons. The quantitative estimate of drug-likeness (QED) is 0.348. The smallest absolute Gasteiger partial charge is 0.265 e. The van der Waals surface area contributed by atoms with Gasteiger partial charge in [-0.15, -0.1) is 0 Å². The van der Waals surface area contributed by atoms with Crippen LogP contribution < -0.4 is 19.7 Å². The average molecular weight is 469 g/mol. The molecule has 1 N–H and O–H groups in total. The van der Waals surface area contributed by atoms with Crippen LogP contribution in [0.4, 0.5) is 11.4 Å². The van der Waals surface area contributed by atoms with Gasteiger partial charge >= 0.3 is 0 Å². The molecule has 4 aromatic rings. The lowest BCUT2D eigenvalue weighted by atomic mass is 10.1. The minimum Gasteiger partial charge on any atom is -0.497 e. The number of carbonyl (C=O) groups excluding carboxylic acids is 2. The number of ether oxygens (including phenoxy) is 2. The number of nitrogens with one attached hydrogen (secondary N) is 1. The van der Waals surface area contributed by atoms with Crippen LogP contribution in [-0.4, -0.2) is 31.6 Å². The number of amides is 2. The van der Waals surface area contributed by atoms with Gasteiger partial charge < -0.3 is 19.7 Å². The first-order valence-electron chi connectivity index (χ1n) is 11.5. The van der Waals surface area contributed by atoms with Crippen LogP contribution in [-0.2, 0) is 4.79 Å². The zero-order valence-electron chi connectivity index (χ0n) is 20.0. The van der Waals surface area contributed by atoms with Crippen molar-refractivity contribution < 1.29 is 19.1 Å². The Hall–Kier alpha value is -4.32. The average Bonchev–Trinajstić information content (AvgIpc) is 2.90. The molecule has 0 spiro atoms. The van der Waals surface area contributed by atoms with Crippen LogP contribution in [0.25, 0.3) is 10.8 Å². The highest BCUT2D eigenvalue weighted by molar-refractivity contribution is 6.11. The molecule has 1 atom stereocenters. The van der Waals surface area contributed by atoms with Crippen molar-refractivity contribution in [3.05, 3.63) is 96.6 Å². The number of hydrogen-bond donors (Lipinski definition) is 1. The summed E-state index contributed by atoms with van der Waals surface area (Å²) in [4.78, 5) is 27.7. The van der Waals surface area contributed by atoms with Crippen LogP contribution in [0.1, 0.15) is 24.2 Å². The normalized spacial score (nSPS) is 11.5. The highest BCUT2D eigenvalue weighted by Gasteiger charge is 2.19. The lowest BCUT2D eigenvalue weighted by Crippen LogP contribution is -2.31. The van der Waals surface area contributed by atoms with Gasteiger partial charge in [0.1, 0.15) is 11.5 Å². The Labute approximate surface area is 205 Å². The summed E-state index contributed by atoms with van der Waals surface area (Å²) in [7, 11) is 1.59. The topological polar surface area (TPSA) is 67.9 Å². The van der Waals surface area contributed by atoms with E-state index in [4.69, 9.17) is 9.47 Å². The van der Waals surface area contributed by atoms with E-state index in [1.807, 2.05) is 49.4 Å². The summed E-state index contributed by atoms with van der Waals surface area (Å²) in [5, 5.41) is 4.95. The fraction of sp³-hybridized carbons (Fsp3) is 0.172. The minimum absolute atomic E-state index is 0.0991. The van der Waals surface area contributed by atoms with Gasteiger partial charge in [0.2, 0.25) is 0 Å². The molecule has 4 rings (SSSR count). The molecular weight excluding hydrogens is 440 g/mol. The summed E-state index contributed by atoms with van der Waals surface area (Å²) in [6.45, 7) is 4.17. The second-order valence-electron chi connectivity index (χ2n) is 8.05. The third kappa shape index (κ3) is 5.44. The Balaban J connectivity index is 1.43. The van der Waals surface area contributed by atoms with Gasteiger partial charge in [-0.2, -0.15) is 0 Å². The lowest BCUT2D eigenvalue weighted by Gasteiger charge is -2.23. The van der Waals surface area contributed by atoms with Gasteiger partial charge in [0.05, 0.1) is 12.8 Å². The summed E-state index contributed by atoms with van der Waals surface area (Å²) in [5.41, 5.74) is 2.00. The third-order valence-electron chi connectivity index (χ3n) is 5.76. The molecule has 0 heterocycles. The van der Waals surface area contributed by atoms with Crippen LogP contribution in [0.5, 0.6) is 11.5 Å². The fourth-order valence-corrected chi connectivity index (χ4v) is 3.87. The van der Waals surface area contributed by atoms with Crippen molar-refractivity contribution in [2.75, 3.05) is 23.9 Å². The van der Waals surface area contributed by atoms with Crippen LogP contribution in [0.2, 0.25) is 0 Å². The van der Waals surface area contributed by atoms with Crippen LogP contribution in [0, 0.1) is 0 Å². The molecule has 35 heavy (non-hydrogen) atoms. The first-order chi connectivity index (χ1) is 17.0. The van der Waals surface area contributed by atoms with Crippen LogP contribution >= 0.6 is 0 Å². The van der Waals surface area contributed by atoms with Crippen LogP contribution in [0.15, 0.2) is 91.0 Å².